The summed E-state index contributed by atoms with van der Waals surface area (Å²) in [5.41, 5.74) is 0. The number of aliphatic hydroxyl groups is 2. The minimum absolute atomic E-state index is 0.379. The highest BCUT2D eigenvalue weighted by Gasteiger charge is 2.08. The third kappa shape index (κ3) is 13.1. The van der Waals surface area contributed by atoms with Gasteiger partial charge in [0.15, 0.2) is 0 Å². The molecule has 0 spiro atoms. The Labute approximate surface area is 97.9 Å². The topological polar surface area (TPSA) is 66.8 Å². The van der Waals surface area contributed by atoms with Crippen molar-refractivity contribution in [3.05, 3.63) is 12.7 Å². The fourth-order valence-electron chi connectivity index (χ4n) is 0.845. The molecule has 0 aromatic rings. The number of carbonyl (C=O) groups is 1. The zero-order chi connectivity index (χ0) is 12.8. The molecular formula is C12H24O4. The van der Waals surface area contributed by atoms with Crippen LogP contribution in [0.1, 0.15) is 39.5 Å². The number of aliphatic hydroxyl groups excluding tert-OH is 2. The van der Waals surface area contributed by atoms with Crippen molar-refractivity contribution in [3.63, 3.8) is 0 Å². The Bertz CT molecular complexity index is 160. The number of ether oxygens (including phenoxy) is 1. The predicted octanol–water partition coefficient (Wildman–Crippen LogP) is 1.66. The molecule has 0 heterocycles. The third-order valence-electron chi connectivity index (χ3n) is 1.81. The molecule has 4 heteroatoms. The smallest absolute Gasteiger partial charge is 0.330 e. The number of hydrogen-bond acceptors (Lipinski definition) is 4. The molecule has 0 saturated heterocycles. The van der Waals surface area contributed by atoms with Gasteiger partial charge in [-0.1, -0.05) is 46.1 Å². The van der Waals surface area contributed by atoms with Crippen LogP contribution in [0.15, 0.2) is 12.7 Å². The molecule has 0 aliphatic carbocycles. The van der Waals surface area contributed by atoms with Gasteiger partial charge < -0.3 is 14.9 Å². The van der Waals surface area contributed by atoms with Crippen LogP contribution in [0, 0.1) is 0 Å². The first kappa shape index (κ1) is 17.5. The number of hydrogen-bond donors (Lipinski definition) is 2. The Morgan fingerprint density at radius 1 is 1.25 bits per heavy atom. The highest BCUT2D eigenvalue weighted by atomic mass is 16.6. The van der Waals surface area contributed by atoms with E-state index in [-0.39, 0.29) is 13.2 Å². The Balaban J connectivity index is 0. The summed E-state index contributed by atoms with van der Waals surface area (Å²) in [5, 5.41) is 16.8. The lowest BCUT2D eigenvalue weighted by Gasteiger charge is -2.09. The van der Waals surface area contributed by atoms with Crippen LogP contribution >= 0.6 is 0 Å². The summed E-state index contributed by atoms with van der Waals surface area (Å²) in [4.78, 5) is 10.4. The van der Waals surface area contributed by atoms with Crippen LogP contribution in [0.2, 0.25) is 0 Å². The molecule has 2 N–H and O–H groups in total. The summed E-state index contributed by atoms with van der Waals surface area (Å²) in [5.74, 6) is -0.645. The van der Waals surface area contributed by atoms with E-state index in [4.69, 9.17) is 10.2 Å². The summed E-state index contributed by atoms with van der Waals surface area (Å²) in [6.45, 7) is 6.85. The minimum atomic E-state index is -0.828. The second kappa shape index (κ2) is 14.1. The summed E-state index contributed by atoms with van der Waals surface area (Å²) < 4.78 is 4.44. The first-order chi connectivity index (χ1) is 7.65. The van der Waals surface area contributed by atoms with E-state index >= 15 is 0 Å². The molecule has 4 nitrogen and oxygen atoms in total. The molecule has 0 amide bonds. The zero-order valence-corrected chi connectivity index (χ0v) is 10.3. The van der Waals surface area contributed by atoms with Crippen molar-refractivity contribution in [2.75, 3.05) is 13.2 Å². The van der Waals surface area contributed by atoms with Crippen LogP contribution in [0.5, 0.6) is 0 Å². The molecule has 0 aromatic heterocycles. The molecule has 16 heavy (non-hydrogen) atoms. The number of carbonyl (C=O) groups excluding carboxylic acids is 1. The van der Waals surface area contributed by atoms with Gasteiger partial charge in [0.2, 0.25) is 0 Å². The number of rotatable bonds is 7. The van der Waals surface area contributed by atoms with Crippen molar-refractivity contribution in [1.29, 1.82) is 0 Å². The maximum Gasteiger partial charge on any atom is 0.330 e. The van der Waals surface area contributed by atoms with E-state index in [1.807, 2.05) is 0 Å². The summed E-state index contributed by atoms with van der Waals surface area (Å²) in [6.07, 6.45) is 5.68. The molecule has 0 aliphatic heterocycles. The Kier molecular flexibility index (Phi) is 15.5. The maximum atomic E-state index is 10.4. The summed E-state index contributed by atoms with van der Waals surface area (Å²) >= 11 is 0. The molecule has 0 radical (unpaired) electrons. The lowest BCUT2D eigenvalue weighted by molar-refractivity contribution is -0.147. The van der Waals surface area contributed by atoms with E-state index in [2.05, 4.69) is 25.2 Å². The van der Waals surface area contributed by atoms with E-state index in [1.165, 1.54) is 25.7 Å². The largest absolute Gasteiger partial charge is 0.454 e. The molecule has 0 atom stereocenters. The third-order valence-corrected chi connectivity index (χ3v) is 1.81. The molecule has 0 saturated carbocycles. The Hall–Kier alpha value is -0.870. The first-order valence-electron chi connectivity index (χ1n) is 5.70. The van der Waals surface area contributed by atoms with Gasteiger partial charge in [0.25, 0.3) is 0 Å². The average Bonchev–Trinajstić information content (AvgIpc) is 2.33. The fraction of sp³-hybridized carbons (Fsp3) is 0.750. The van der Waals surface area contributed by atoms with Crippen molar-refractivity contribution >= 4 is 5.97 Å². The van der Waals surface area contributed by atoms with Crippen molar-refractivity contribution in [1.82, 2.24) is 0 Å². The van der Waals surface area contributed by atoms with Crippen molar-refractivity contribution < 1.29 is 19.7 Å². The molecule has 0 aliphatic rings. The maximum absolute atomic E-state index is 10.4. The van der Waals surface area contributed by atoms with Crippen molar-refractivity contribution in [2.24, 2.45) is 0 Å². The summed E-state index contributed by atoms with van der Waals surface area (Å²) in [7, 11) is 0. The van der Waals surface area contributed by atoms with Crippen LogP contribution in [0.4, 0.5) is 0 Å². The Morgan fingerprint density at radius 2 is 1.69 bits per heavy atom. The quantitative estimate of drug-likeness (QED) is 0.398. The van der Waals surface area contributed by atoms with Crippen LogP contribution in [-0.2, 0) is 9.53 Å². The molecule has 0 aromatic carbocycles. The summed E-state index contributed by atoms with van der Waals surface area (Å²) in [6, 6.07) is 0. The Morgan fingerprint density at radius 3 is 1.94 bits per heavy atom. The number of esters is 1. The second-order valence-corrected chi connectivity index (χ2v) is 3.34. The van der Waals surface area contributed by atoms with Gasteiger partial charge in [0.05, 0.1) is 13.2 Å². The highest BCUT2D eigenvalue weighted by molar-refractivity contribution is 5.81. The monoisotopic (exact) mass is 232 g/mol. The molecular weight excluding hydrogens is 208 g/mol. The van der Waals surface area contributed by atoms with Gasteiger partial charge in [-0.15, -0.1) is 0 Å². The zero-order valence-electron chi connectivity index (χ0n) is 10.3. The fourth-order valence-corrected chi connectivity index (χ4v) is 0.845. The lowest BCUT2D eigenvalue weighted by Crippen LogP contribution is -2.24. The standard InChI is InChI=1S/C6H10O4.C6H14/c1-2-6(9)10-5(3-7)4-8;1-3-5-6-4-2/h2,5,7-8H,1,3-4H2;3-6H2,1-2H3. The van der Waals surface area contributed by atoms with Crippen LogP contribution < -0.4 is 0 Å². The normalized spacial score (nSPS) is 9.31. The van der Waals surface area contributed by atoms with Crippen LogP contribution in [-0.4, -0.2) is 35.5 Å². The molecule has 0 rings (SSSR count). The highest BCUT2D eigenvalue weighted by Crippen LogP contribution is 1.95. The average molecular weight is 232 g/mol. The number of unbranched alkanes of at least 4 members (excludes halogenated alkanes) is 3. The molecule has 0 unspecified atom stereocenters. The molecule has 0 fully saturated rings. The van der Waals surface area contributed by atoms with Gasteiger partial charge in [-0.2, -0.15) is 0 Å². The van der Waals surface area contributed by atoms with Crippen LogP contribution in [0.25, 0.3) is 0 Å². The van der Waals surface area contributed by atoms with Crippen LogP contribution in [0.3, 0.4) is 0 Å². The van der Waals surface area contributed by atoms with Crippen molar-refractivity contribution in [2.45, 2.75) is 45.6 Å². The predicted molar refractivity (Wildman–Crippen MR) is 64.1 cm³/mol. The lowest BCUT2D eigenvalue weighted by atomic mass is 10.2. The SMILES string of the molecule is C=CC(=O)OC(CO)CO.CCCCCC. The molecule has 0 bridgehead atoms. The van der Waals surface area contributed by atoms with Crippen molar-refractivity contribution in [3.8, 4) is 0 Å². The van der Waals surface area contributed by atoms with Gasteiger partial charge >= 0.3 is 5.97 Å². The minimum Gasteiger partial charge on any atom is -0.454 e. The van der Waals surface area contributed by atoms with E-state index in [0.717, 1.165) is 6.08 Å². The van der Waals surface area contributed by atoms with Gasteiger partial charge in [0.1, 0.15) is 6.10 Å². The second-order valence-electron chi connectivity index (χ2n) is 3.34. The molecule has 96 valence electrons. The van der Waals surface area contributed by atoms with Gasteiger partial charge in [0, 0.05) is 6.08 Å². The van der Waals surface area contributed by atoms with E-state index in [9.17, 15) is 4.79 Å². The van der Waals surface area contributed by atoms with E-state index < -0.39 is 12.1 Å². The first-order valence-corrected chi connectivity index (χ1v) is 5.70. The van der Waals surface area contributed by atoms with Gasteiger partial charge in [-0.25, -0.2) is 4.79 Å². The van der Waals surface area contributed by atoms with E-state index in [1.54, 1.807) is 0 Å². The van der Waals surface area contributed by atoms with E-state index in [0.29, 0.717) is 0 Å². The van der Waals surface area contributed by atoms with Gasteiger partial charge in [-0.05, 0) is 0 Å². The van der Waals surface area contributed by atoms with Gasteiger partial charge in [-0.3, -0.25) is 0 Å².